The van der Waals surface area contributed by atoms with Crippen LogP contribution >= 0.6 is 0 Å². The van der Waals surface area contributed by atoms with Crippen LogP contribution in [0.25, 0.3) is 0 Å². The van der Waals surface area contributed by atoms with Crippen molar-refractivity contribution in [1.82, 2.24) is 0 Å². The quantitative estimate of drug-likeness (QED) is 0.666. The molecule has 0 saturated carbocycles. The molecule has 1 rings (SSSR count). The fourth-order valence-corrected chi connectivity index (χ4v) is 1.30. The normalized spacial score (nSPS) is 9.46. The molecule has 0 fully saturated rings. The minimum Gasteiger partial charge on any atom is -0.873 e. The summed E-state index contributed by atoms with van der Waals surface area (Å²) in [6, 6.07) is 1.45. The Morgan fingerprint density at radius 1 is 1.15 bits per heavy atom. The van der Waals surface area contributed by atoms with E-state index in [1.807, 2.05) is 13.8 Å². The Balaban J connectivity index is 0.00000144. The Morgan fingerprint density at radius 2 is 1.69 bits per heavy atom. The van der Waals surface area contributed by atoms with Crippen molar-refractivity contribution in [3.8, 4) is 11.5 Å². The third-order valence-electron chi connectivity index (χ3n) is 2.29. The van der Waals surface area contributed by atoms with Crippen molar-refractivity contribution in [3.63, 3.8) is 0 Å². The molecule has 0 aromatic heterocycles. The molecule has 0 heterocycles. The number of aryl methyl sites for hydroxylation is 1. The minimum absolute atomic E-state index is 0. The molecule has 0 aliphatic heterocycles. The average molecular weight is 223 g/mol. The summed E-state index contributed by atoms with van der Waals surface area (Å²) in [6.07, 6.45) is 0.808. The van der Waals surface area contributed by atoms with Crippen LogP contribution in [-0.4, -0.2) is 0 Å². The van der Waals surface area contributed by atoms with Gasteiger partial charge in [0.2, 0.25) is 0 Å². The molecular weight excluding hydrogens is 211 g/mol. The van der Waals surface area contributed by atoms with Gasteiger partial charge in [-0.3, -0.25) is 0 Å². The number of hydrogen-bond donors (Lipinski definition) is 0. The van der Waals surface area contributed by atoms with E-state index in [-0.39, 0.29) is 28.0 Å². The van der Waals surface area contributed by atoms with Gasteiger partial charge in [-0.25, -0.2) is 0 Å². The third kappa shape index (κ3) is 2.16. The van der Waals surface area contributed by atoms with Crippen molar-refractivity contribution in [3.05, 3.63) is 22.8 Å². The first-order valence-electron chi connectivity index (χ1n) is 4.05. The van der Waals surface area contributed by atoms with Gasteiger partial charge in [0.1, 0.15) is 0 Å². The fourth-order valence-electron chi connectivity index (χ4n) is 1.30. The van der Waals surface area contributed by atoms with E-state index >= 15 is 0 Å². The molecule has 0 radical (unpaired) electrons. The van der Waals surface area contributed by atoms with Crippen LogP contribution in [0.5, 0.6) is 11.5 Å². The van der Waals surface area contributed by atoms with Gasteiger partial charge in [0, 0.05) is 0 Å². The molecule has 0 amide bonds. The molecule has 0 N–H and O–H groups in total. The summed E-state index contributed by atoms with van der Waals surface area (Å²) in [5.41, 5.74) is 2.54. The largest absolute Gasteiger partial charge is 2.00 e. The van der Waals surface area contributed by atoms with Gasteiger partial charge in [0.15, 0.2) is 0 Å². The van der Waals surface area contributed by atoms with Crippen LogP contribution < -0.4 is 10.2 Å². The van der Waals surface area contributed by atoms with Crippen molar-refractivity contribution < 1.29 is 26.7 Å². The first-order chi connectivity index (χ1) is 5.57. The summed E-state index contributed by atoms with van der Waals surface area (Å²) >= 11 is 0. The maximum Gasteiger partial charge on any atom is 2.00 e. The summed E-state index contributed by atoms with van der Waals surface area (Å²) in [5, 5.41) is 22.2. The second kappa shape index (κ2) is 4.52. The molecular formula is C10H12NiO2. The zero-order valence-electron chi connectivity index (χ0n) is 7.92. The predicted octanol–water partition coefficient (Wildman–Crippen LogP) is 1.01. The zero-order valence-corrected chi connectivity index (χ0v) is 8.90. The van der Waals surface area contributed by atoms with Gasteiger partial charge in [-0.05, 0) is 31.4 Å². The molecule has 13 heavy (non-hydrogen) atoms. The average Bonchev–Trinajstić information content (AvgIpc) is 2.08. The van der Waals surface area contributed by atoms with E-state index < -0.39 is 0 Å². The first kappa shape index (κ1) is 12.3. The van der Waals surface area contributed by atoms with E-state index in [1.165, 1.54) is 6.07 Å². The molecule has 0 spiro atoms. The van der Waals surface area contributed by atoms with Gasteiger partial charge in [0.25, 0.3) is 0 Å². The summed E-state index contributed by atoms with van der Waals surface area (Å²) in [7, 11) is 0. The number of benzene rings is 1. The summed E-state index contributed by atoms with van der Waals surface area (Å²) in [5.74, 6) is -0.736. The van der Waals surface area contributed by atoms with Gasteiger partial charge in [0.05, 0.1) is 0 Å². The second-order valence-electron chi connectivity index (χ2n) is 2.97. The SMILES string of the molecule is CCc1cc([O-])c([O-])c(C)c1C.[Ni+2]. The van der Waals surface area contributed by atoms with Crippen LogP contribution in [-0.2, 0) is 22.9 Å². The Hall–Kier alpha value is -0.686. The third-order valence-corrected chi connectivity index (χ3v) is 2.29. The maximum absolute atomic E-state index is 11.1. The molecule has 1 aromatic rings. The smallest absolute Gasteiger partial charge is 0.873 e. The van der Waals surface area contributed by atoms with E-state index in [0.717, 1.165) is 17.5 Å². The van der Waals surface area contributed by atoms with Gasteiger partial charge < -0.3 is 10.2 Å². The van der Waals surface area contributed by atoms with Crippen LogP contribution in [0.2, 0.25) is 0 Å². The summed E-state index contributed by atoms with van der Waals surface area (Å²) in [6.45, 7) is 5.57. The van der Waals surface area contributed by atoms with Crippen LogP contribution in [0.15, 0.2) is 6.07 Å². The van der Waals surface area contributed by atoms with Gasteiger partial charge in [-0.1, -0.05) is 18.6 Å². The standard InChI is InChI=1S/C10H14O2.Ni/c1-4-8-5-9(11)10(12)7(3)6(8)2;/h5,11-12H,4H2,1-3H3;/q;+2/p-2. The second-order valence-corrected chi connectivity index (χ2v) is 2.97. The van der Waals surface area contributed by atoms with E-state index in [0.29, 0.717) is 5.56 Å². The molecule has 0 atom stereocenters. The molecule has 0 aliphatic rings. The molecule has 0 saturated heterocycles. The summed E-state index contributed by atoms with van der Waals surface area (Å²) < 4.78 is 0. The van der Waals surface area contributed by atoms with Crippen molar-refractivity contribution >= 4 is 0 Å². The zero-order chi connectivity index (χ0) is 9.30. The molecule has 0 aliphatic carbocycles. The van der Waals surface area contributed by atoms with E-state index in [2.05, 4.69) is 0 Å². The minimum atomic E-state index is -0.380. The van der Waals surface area contributed by atoms with Crippen molar-refractivity contribution in [2.75, 3.05) is 0 Å². The first-order valence-corrected chi connectivity index (χ1v) is 4.05. The molecule has 3 heteroatoms. The number of hydrogen-bond acceptors (Lipinski definition) is 2. The van der Waals surface area contributed by atoms with Crippen molar-refractivity contribution in [2.24, 2.45) is 0 Å². The fraction of sp³-hybridized carbons (Fsp3) is 0.400. The Bertz CT molecular complexity index is 308. The Morgan fingerprint density at radius 3 is 2.15 bits per heavy atom. The van der Waals surface area contributed by atoms with E-state index in [1.54, 1.807) is 6.92 Å². The van der Waals surface area contributed by atoms with Crippen LogP contribution in [0.3, 0.4) is 0 Å². The molecule has 1 aromatic carbocycles. The maximum atomic E-state index is 11.1. The van der Waals surface area contributed by atoms with Crippen molar-refractivity contribution in [2.45, 2.75) is 27.2 Å². The van der Waals surface area contributed by atoms with Crippen LogP contribution in [0, 0.1) is 13.8 Å². The Kier molecular flexibility index (Phi) is 4.28. The van der Waals surface area contributed by atoms with Gasteiger partial charge in [-0.15, -0.1) is 11.5 Å². The van der Waals surface area contributed by atoms with Crippen LogP contribution in [0.4, 0.5) is 0 Å². The topological polar surface area (TPSA) is 46.1 Å². The molecule has 74 valence electrons. The molecule has 0 bridgehead atoms. The van der Waals surface area contributed by atoms with Gasteiger partial charge >= 0.3 is 16.5 Å². The van der Waals surface area contributed by atoms with Gasteiger partial charge in [-0.2, -0.15) is 0 Å². The summed E-state index contributed by atoms with van der Waals surface area (Å²) in [4.78, 5) is 0. The van der Waals surface area contributed by atoms with E-state index in [9.17, 15) is 10.2 Å². The number of rotatable bonds is 1. The Labute approximate surface area is 88.5 Å². The van der Waals surface area contributed by atoms with Crippen molar-refractivity contribution in [1.29, 1.82) is 0 Å². The molecule has 0 unspecified atom stereocenters. The van der Waals surface area contributed by atoms with E-state index in [4.69, 9.17) is 0 Å². The molecule has 2 nitrogen and oxygen atoms in total. The monoisotopic (exact) mass is 222 g/mol. The predicted molar refractivity (Wildman–Crippen MR) is 44.2 cm³/mol. The van der Waals surface area contributed by atoms with Crippen LogP contribution in [0.1, 0.15) is 23.6 Å².